The van der Waals surface area contributed by atoms with E-state index in [0.717, 1.165) is 18.7 Å². The van der Waals surface area contributed by atoms with Crippen molar-refractivity contribution in [2.24, 2.45) is 0 Å². The Labute approximate surface area is 153 Å². The standard InChI is InChI=1S/C14H16N6O4S2/c1-8(21)20-26(23,24)10-4-2-9(3-5-10)17-13(22)7-25-14-18-11(15)6-12(16)19-14/h2-6H,7H2,1H3,(H,17,22)(H,20,21)(H4,15,16,18,19). The molecule has 26 heavy (non-hydrogen) atoms. The largest absolute Gasteiger partial charge is 0.383 e. The maximum absolute atomic E-state index is 12.0. The molecule has 0 radical (unpaired) electrons. The fourth-order valence-electron chi connectivity index (χ4n) is 1.82. The topological polar surface area (TPSA) is 170 Å². The van der Waals surface area contributed by atoms with E-state index in [0.29, 0.717) is 5.69 Å². The van der Waals surface area contributed by atoms with Crippen molar-refractivity contribution in [3.8, 4) is 0 Å². The highest BCUT2D eigenvalue weighted by Gasteiger charge is 2.15. The number of nitrogens with zero attached hydrogens (tertiary/aromatic N) is 2. The maximum Gasteiger partial charge on any atom is 0.264 e. The first-order valence-corrected chi connectivity index (χ1v) is 9.59. The van der Waals surface area contributed by atoms with Crippen molar-refractivity contribution in [3.05, 3.63) is 30.3 Å². The third-order valence-corrected chi connectivity index (χ3v) is 5.10. The van der Waals surface area contributed by atoms with Gasteiger partial charge in [0.2, 0.25) is 11.8 Å². The number of nitrogens with one attached hydrogen (secondary N) is 2. The minimum Gasteiger partial charge on any atom is -0.383 e. The number of hydrogen-bond donors (Lipinski definition) is 4. The molecule has 0 unspecified atom stereocenters. The van der Waals surface area contributed by atoms with Crippen molar-refractivity contribution >= 4 is 50.9 Å². The molecule has 12 heteroatoms. The van der Waals surface area contributed by atoms with Gasteiger partial charge in [0.15, 0.2) is 5.16 Å². The Morgan fingerprint density at radius 1 is 1.12 bits per heavy atom. The highest BCUT2D eigenvalue weighted by atomic mass is 32.2. The number of carbonyl (C=O) groups is 2. The molecule has 0 bridgehead atoms. The Hall–Kier alpha value is -2.86. The van der Waals surface area contributed by atoms with Crippen molar-refractivity contribution in [1.82, 2.24) is 14.7 Å². The SMILES string of the molecule is CC(=O)NS(=O)(=O)c1ccc(NC(=O)CSc2nc(N)cc(N)n2)cc1. The first-order valence-electron chi connectivity index (χ1n) is 7.12. The zero-order valence-corrected chi connectivity index (χ0v) is 15.2. The molecule has 0 atom stereocenters. The van der Waals surface area contributed by atoms with Crippen molar-refractivity contribution in [2.75, 3.05) is 22.5 Å². The van der Waals surface area contributed by atoms with Crippen molar-refractivity contribution in [2.45, 2.75) is 17.0 Å². The third kappa shape index (κ3) is 5.60. The fourth-order valence-corrected chi connectivity index (χ4v) is 3.48. The van der Waals surface area contributed by atoms with E-state index in [1.807, 2.05) is 4.72 Å². The lowest BCUT2D eigenvalue weighted by Crippen LogP contribution is -2.28. The molecule has 0 spiro atoms. The van der Waals surface area contributed by atoms with Crippen molar-refractivity contribution < 1.29 is 18.0 Å². The van der Waals surface area contributed by atoms with E-state index in [1.54, 1.807) is 0 Å². The average Bonchev–Trinajstić information content (AvgIpc) is 2.51. The van der Waals surface area contributed by atoms with E-state index in [1.165, 1.54) is 30.3 Å². The Kier molecular flexibility index (Phi) is 6.00. The van der Waals surface area contributed by atoms with E-state index in [9.17, 15) is 18.0 Å². The summed E-state index contributed by atoms with van der Waals surface area (Å²) in [5, 5.41) is 2.87. The van der Waals surface area contributed by atoms with E-state index in [-0.39, 0.29) is 33.3 Å². The summed E-state index contributed by atoms with van der Waals surface area (Å²) in [7, 11) is -3.92. The van der Waals surface area contributed by atoms with Crippen LogP contribution in [0.5, 0.6) is 0 Å². The van der Waals surface area contributed by atoms with E-state index < -0.39 is 15.9 Å². The monoisotopic (exact) mass is 396 g/mol. The van der Waals surface area contributed by atoms with Gasteiger partial charge in [0.25, 0.3) is 10.0 Å². The lowest BCUT2D eigenvalue weighted by atomic mass is 10.3. The normalized spacial score (nSPS) is 11.0. The van der Waals surface area contributed by atoms with Gasteiger partial charge in [0.05, 0.1) is 10.6 Å². The number of anilines is 3. The van der Waals surface area contributed by atoms with Crippen LogP contribution in [0.1, 0.15) is 6.92 Å². The Balaban J connectivity index is 1.96. The van der Waals surface area contributed by atoms with Crippen molar-refractivity contribution in [3.63, 3.8) is 0 Å². The van der Waals surface area contributed by atoms with Crippen molar-refractivity contribution in [1.29, 1.82) is 0 Å². The zero-order chi connectivity index (χ0) is 19.3. The van der Waals surface area contributed by atoms with Crippen LogP contribution < -0.4 is 21.5 Å². The number of aromatic nitrogens is 2. The number of thioether (sulfide) groups is 1. The first kappa shape index (κ1) is 19.5. The first-order chi connectivity index (χ1) is 12.2. The maximum atomic E-state index is 12.0. The van der Waals surface area contributed by atoms with Gasteiger partial charge in [-0.25, -0.2) is 23.1 Å². The van der Waals surface area contributed by atoms with Gasteiger partial charge in [-0.2, -0.15) is 0 Å². The number of nitrogen functional groups attached to an aromatic ring is 2. The van der Waals surface area contributed by atoms with Crippen LogP contribution in [0.4, 0.5) is 17.3 Å². The van der Waals surface area contributed by atoms with Crippen LogP contribution in [0.2, 0.25) is 0 Å². The summed E-state index contributed by atoms with van der Waals surface area (Å²) in [6.07, 6.45) is 0. The van der Waals surface area contributed by atoms with Crippen LogP contribution in [0.3, 0.4) is 0 Å². The number of rotatable bonds is 6. The summed E-state index contributed by atoms with van der Waals surface area (Å²) >= 11 is 1.05. The molecular weight excluding hydrogens is 380 g/mol. The van der Waals surface area contributed by atoms with Crippen LogP contribution in [-0.2, 0) is 19.6 Å². The zero-order valence-electron chi connectivity index (χ0n) is 13.6. The van der Waals surface area contributed by atoms with Gasteiger partial charge in [0, 0.05) is 18.7 Å². The molecule has 2 rings (SSSR count). The quantitative estimate of drug-likeness (QED) is 0.393. The molecule has 10 nitrogen and oxygen atoms in total. The summed E-state index contributed by atoms with van der Waals surface area (Å²) in [5.74, 6) is -0.622. The van der Waals surface area contributed by atoms with Gasteiger partial charge < -0.3 is 16.8 Å². The highest BCUT2D eigenvalue weighted by Crippen LogP contribution is 2.18. The van der Waals surface area contributed by atoms with Gasteiger partial charge >= 0.3 is 0 Å². The van der Waals surface area contributed by atoms with E-state index in [4.69, 9.17) is 11.5 Å². The Bertz CT molecular complexity index is 911. The van der Waals surface area contributed by atoms with Gasteiger partial charge in [-0.15, -0.1) is 0 Å². The van der Waals surface area contributed by atoms with Crippen LogP contribution >= 0.6 is 11.8 Å². The van der Waals surface area contributed by atoms with Crippen LogP contribution in [0.25, 0.3) is 0 Å². The number of nitrogens with two attached hydrogens (primary N) is 2. The van der Waals surface area contributed by atoms with Gasteiger partial charge in [-0.1, -0.05) is 11.8 Å². The molecule has 1 aromatic carbocycles. The third-order valence-electron chi connectivity index (χ3n) is 2.80. The minimum atomic E-state index is -3.92. The second kappa shape index (κ2) is 8.01. The molecule has 0 saturated carbocycles. The number of amides is 2. The smallest absolute Gasteiger partial charge is 0.264 e. The molecule has 1 heterocycles. The molecule has 0 aliphatic rings. The second-order valence-electron chi connectivity index (χ2n) is 5.02. The number of sulfonamides is 1. The molecule has 138 valence electrons. The molecule has 0 aliphatic carbocycles. The second-order valence-corrected chi connectivity index (χ2v) is 7.65. The van der Waals surface area contributed by atoms with Crippen LogP contribution in [0, 0.1) is 0 Å². The lowest BCUT2D eigenvalue weighted by molar-refractivity contribution is -0.117. The Morgan fingerprint density at radius 2 is 1.69 bits per heavy atom. The molecule has 1 aromatic heterocycles. The Morgan fingerprint density at radius 3 is 2.23 bits per heavy atom. The number of benzene rings is 1. The van der Waals surface area contributed by atoms with Gasteiger partial charge in [-0.05, 0) is 24.3 Å². The molecule has 6 N–H and O–H groups in total. The summed E-state index contributed by atoms with van der Waals surface area (Å²) in [5.41, 5.74) is 11.5. The number of carbonyl (C=O) groups excluding carboxylic acids is 2. The lowest BCUT2D eigenvalue weighted by Gasteiger charge is -2.07. The van der Waals surface area contributed by atoms with E-state index in [2.05, 4.69) is 15.3 Å². The summed E-state index contributed by atoms with van der Waals surface area (Å²) < 4.78 is 25.5. The van der Waals surface area contributed by atoms with Crippen LogP contribution in [-0.4, -0.2) is 36.0 Å². The molecular formula is C14H16N6O4S2. The molecule has 2 amide bonds. The molecule has 0 fully saturated rings. The van der Waals surface area contributed by atoms with Gasteiger partial charge in [-0.3, -0.25) is 9.59 Å². The minimum absolute atomic E-state index is 0.00877. The predicted octanol–water partition coefficient (Wildman–Crippen LogP) is 0.197. The predicted molar refractivity (Wildman–Crippen MR) is 97.7 cm³/mol. The average molecular weight is 396 g/mol. The van der Waals surface area contributed by atoms with E-state index >= 15 is 0 Å². The number of hydrogen-bond acceptors (Lipinski definition) is 9. The summed E-state index contributed by atoms with van der Waals surface area (Å²) in [4.78, 5) is 30.7. The van der Waals surface area contributed by atoms with Gasteiger partial charge in [0.1, 0.15) is 11.6 Å². The summed E-state index contributed by atoms with van der Waals surface area (Å²) in [6, 6.07) is 6.77. The fraction of sp³-hybridized carbons (Fsp3) is 0.143. The molecule has 0 aliphatic heterocycles. The summed E-state index contributed by atoms with van der Waals surface area (Å²) in [6.45, 7) is 1.10. The highest BCUT2D eigenvalue weighted by molar-refractivity contribution is 7.99. The molecule has 2 aromatic rings. The molecule has 0 saturated heterocycles. The van der Waals surface area contributed by atoms with Crippen LogP contribution in [0.15, 0.2) is 40.4 Å².